The maximum atomic E-state index is 11.3. The number of nitrogens with one attached hydrogen (secondary N) is 1. The SMILES string of the molecule is CCOC(=O)CCC[C@@H]1C[C@H](OCc2ccccc2)CN1. The Morgan fingerprint density at radius 1 is 1.33 bits per heavy atom. The van der Waals surface area contributed by atoms with Crippen LogP contribution >= 0.6 is 0 Å². The maximum absolute atomic E-state index is 11.3. The first kappa shape index (κ1) is 16.0. The molecule has 1 heterocycles. The number of carbonyl (C=O) groups excluding carboxylic acids is 1. The maximum Gasteiger partial charge on any atom is 0.305 e. The molecule has 116 valence electrons. The van der Waals surface area contributed by atoms with Crippen LogP contribution in [0.4, 0.5) is 0 Å². The van der Waals surface area contributed by atoms with E-state index in [1.165, 1.54) is 5.56 Å². The van der Waals surface area contributed by atoms with E-state index in [0.29, 0.717) is 25.7 Å². The molecule has 4 nitrogen and oxygen atoms in total. The van der Waals surface area contributed by atoms with Crippen LogP contribution in [0, 0.1) is 0 Å². The number of hydrogen-bond acceptors (Lipinski definition) is 4. The Bertz CT molecular complexity index is 421. The summed E-state index contributed by atoms with van der Waals surface area (Å²) in [6.07, 6.45) is 3.70. The highest BCUT2D eigenvalue weighted by molar-refractivity contribution is 5.69. The van der Waals surface area contributed by atoms with Crippen LogP contribution in [0.3, 0.4) is 0 Å². The lowest BCUT2D eigenvalue weighted by atomic mass is 10.1. The Balaban J connectivity index is 1.59. The molecule has 0 amide bonds. The number of carbonyl (C=O) groups is 1. The van der Waals surface area contributed by atoms with Crippen molar-refractivity contribution in [1.82, 2.24) is 5.32 Å². The van der Waals surface area contributed by atoms with Gasteiger partial charge in [0.2, 0.25) is 0 Å². The van der Waals surface area contributed by atoms with E-state index in [9.17, 15) is 4.79 Å². The van der Waals surface area contributed by atoms with Crippen molar-refractivity contribution in [3.8, 4) is 0 Å². The minimum absolute atomic E-state index is 0.0904. The molecule has 0 aromatic heterocycles. The zero-order valence-corrected chi connectivity index (χ0v) is 12.7. The van der Waals surface area contributed by atoms with Gasteiger partial charge in [-0.3, -0.25) is 4.79 Å². The van der Waals surface area contributed by atoms with E-state index in [2.05, 4.69) is 17.4 Å². The van der Waals surface area contributed by atoms with Crippen molar-refractivity contribution in [3.63, 3.8) is 0 Å². The second-order valence-electron chi connectivity index (χ2n) is 5.46. The zero-order chi connectivity index (χ0) is 14.9. The van der Waals surface area contributed by atoms with Gasteiger partial charge in [0.1, 0.15) is 0 Å². The van der Waals surface area contributed by atoms with Crippen molar-refractivity contribution in [2.75, 3.05) is 13.2 Å². The third-order valence-electron chi connectivity index (χ3n) is 3.75. The summed E-state index contributed by atoms with van der Waals surface area (Å²) >= 11 is 0. The standard InChI is InChI=1S/C17H25NO3/c1-2-20-17(19)10-6-9-15-11-16(12-18-15)21-13-14-7-4-3-5-8-14/h3-5,7-8,15-16,18H,2,6,9-13H2,1H3/t15-,16+/m1/s1. The first-order chi connectivity index (χ1) is 10.3. The quantitative estimate of drug-likeness (QED) is 0.748. The molecule has 4 heteroatoms. The van der Waals surface area contributed by atoms with Gasteiger partial charge in [-0.15, -0.1) is 0 Å². The fourth-order valence-corrected chi connectivity index (χ4v) is 2.64. The van der Waals surface area contributed by atoms with Gasteiger partial charge in [-0.25, -0.2) is 0 Å². The number of hydrogen-bond donors (Lipinski definition) is 1. The Hall–Kier alpha value is -1.39. The normalized spacial score (nSPS) is 21.4. The van der Waals surface area contributed by atoms with E-state index in [0.717, 1.165) is 25.8 Å². The van der Waals surface area contributed by atoms with Gasteiger partial charge in [-0.05, 0) is 31.7 Å². The van der Waals surface area contributed by atoms with Crippen LogP contribution < -0.4 is 5.32 Å². The molecule has 0 bridgehead atoms. The molecule has 1 saturated heterocycles. The predicted molar refractivity (Wildman–Crippen MR) is 81.9 cm³/mol. The molecular weight excluding hydrogens is 266 g/mol. The van der Waals surface area contributed by atoms with Gasteiger partial charge < -0.3 is 14.8 Å². The van der Waals surface area contributed by atoms with Gasteiger partial charge in [0, 0.05) is 19.0 Å². The molecule has 0 aliphatic carbocycles. The van der Waals surface area contributed by atoms with Crippen LogP contribution in [0.25, 0.3) is 0 Å². The first-order valence-corrected chi connectivity index (χ1v) is 7.82. The molecule has 0 unspecified atom stereocenters. The van der Waals surface area contributed by atoms with E-state index >= 15 is 0 Å². The topological polar surface area (TPSA) is 47.6 Å². The van der Waals surface area contributed by atoms with Gasteiger partial charge in [-0.1, -0.05) is 30.3 Å². The average Bonchev–Trinajstić information content (AvgIpc) is 2.94. The molecule has 1 aliphatic heterocycles. The lowest BCUT2D eigenvalue weighted by Crippen LogP contribution is -2.22. The highest BCUT2D eigenvalue weighted by Gasteiger charge is 2.24. The summed E-state index contributed by atoms with van der Waals surface area (Å²) in [7, 11) is 0. The lowest BCUT2D eigenvalue weighted by Gasteiger charge is -2.11. The highest BCUT2D eigenvalue weighted by atomic mass is 16.5. The number of ether oxygens (including phenoxy) is 2. The van der Waals surface area contributed by atoms with E-state index in [4.69, 9.17) is 9.47 Å². The zero-order valence-electron chi connectivity index (χ0n) is 12.7. The van der Waals surface area contributed by atoms with Crippen LogP contribution in [0.2, 0.25) is 0 Å². The van der Waals surface area contributed by atoms with Gasteiger partial charge >= 0.3 is 5.97 Å². The van der Waals surface area contributed by atoms with E-state index < -0.39 is 0 Å². The van der Waals surface area contributed by atoms with Crippen LogP contribution in [0.15, 0.2) is 30.3 Å². The van der Waals surface area contributed by atoms with Crippen LogP contribution in [-0.4, -0.2) is 31.3 Å². The summed E-state index contributed by atoms with van der Waals surface area (Å²) in [6, 6.07) is 10.7. The summed E-state index contributed by atoms with van der Waals surface area (Å²) in [5.74, 6) is -0.0904. The van der Waals surface area contributed by atoms with Gasteiger partial charge in [0.05, 0.1) is 19.3 Å². The minimum atomic E-state index is -0.0904. The summed E-state index contributed by atoms with van der Waals surface area (Å²) < 4.78 is 10.9. The molecule has 1 fully saturated rings. The third kappa shape index (κ3) is 5.86. The summed E-state index contributed by atoms with van der Waals surface area (Å²) in [6.45, 7) is 3.88. The number of rotatable bonds is 8. The molecule has 1 aliphatic rings. The van der Waals surface area contributed by atoms with Gasteiger partial charge in [0.15, 0.2) is 0 Å². The number of benzene rings is 1. The molecule has 21 heavy (non-hydrogen) atoms. The molecular formula is C17H25NO3. The van der Waals surface area contributed by atoms with Crippen LogP contribution in [0.5, 0.6) is 0 Å². The lowest BCUT2D eigenvalue weighted by molar-refractivity contribution is -0.143. The Kier molecular flexibility index (Phi) is 6.70. The van der Waals surface area contributed by atoms with Crippen molar-refractivity contribution in [1.29, 1.82) is 0 Å². The first-order valence-electron chi connectivity index (χ1n) is 7.82. The van der Waals surface area contributed by atoms with Crippen LogP contribution in [0.1, 0.15) is 38.2 Å². The van der Waals surface area contributed by atoms with E-state index in [1.807, 2.05) is 25.1 Å². The molecule has 1 N–H and O–H groups in total. The number of esters is 1. The molecule has 0 radical (unpaired) electrons. The van der Waals surface area contributed by atoms with Crippen molar-refractivity contribution >= 4 is 5.97 Å². The van der Waals surface area contributed by atoms with Crippen molar-refractivity contribution in [2.45, 2.75) is 51.4 Å². The average molecular weight is 291 g/mol. The molecule has 0 spiro atoms. The predicted octanol–water partition coefficient (Wildman–Crippen LogP) is 2.67. The second-order valence-corrected chi connectivity index (χ2v) is 5.46. The molecule has 2 rings (SSSR count). The van der Waals surface area contributed by atoms with E-state index in [-0.39, 0.29) is 12.1 Å². The molecule has 0 saturated carbocycles. The molecule has 2 atom stereocenters. The second kappa shape index (κ2) is 8.80. The van der Waals surface area contributed by atoms with Crippen molar-refractivity contribution in [2.24, 2.45) is 0 Å². The molecule has 1 aromatic rings. The summed E-state index contributed by atoms with van der Waals surface area (Å²) in [5, 5.41) is 3.47. The fourth-order valence-electron chi connectivity index (χ4n) is 2.64. The van der Waals surface area contributed by atoms with Gasteiger partial charge in [-0.2, -0.15) is 0 Å². The van der Waals surface area contributed by atoms with Crippen molar-refractivity contribution < 1.29 is 14.3 Å². The van der Waals surface area contributed by atoms with Crippen LogP contribution in [-0.2, 0) is 20.9 Å². The Morgan fingerprint density at radius 3 is 2.90 bits per heavy atom. The van der Waals surface area contributed by atoms with Crippen molar-refractivity contribution in [3.05, 3.63) is 35.9 Å². The Morgan fingerprint density at radius 2 is 2.14 bits per heavy atom. The summed E-state index contributed by atoms with van der Waals surface area (Å²) in [5.41, 5.74) is 1.21. The highest BCUT2D eigenvalue weighted by Crippen LogP contribution is 2.17. The molecule has 1 aromatic carbocycles. The minimum Gasteiger partial charge on any atom is -0.466 e. The fraction of sp³-hybridized carbons (Fsp3) is 0.588. The largest absolute Gasteiger partial charge is 0.466 e. The Labute approximate surface area is 126 Å². The monoisotopic (exact) mass is 291 g/mol. The third-order valence-corrected chi connectivity index (χ3v) is 3.75. The van der Waals surface area contributed by atoms with E-state index in [1.54, 1.807) is 0 Å². The smallest absolute Gasteiger partial charge is 0.305 e. The summed E-state index contributed by atoms with van der Waals surface area (Å²) in [4.78, 5) is 11.3. The van der Waals surface area contributed by atoms with Gasteiger partial charge in [0.25, 0.3) is 0 Å².